The molecule has 0 bridgehead atoms. The Hall–Kier alpha value is -7.30. The van der Waals surface area contributed by atoms with Crippen LogP contribution in [0.1, 0.15) is 27.8 Å². The van der Waals surface area contributed by atoms with E-state index in [9.17, 15) is 0 Å². The van der Waals surface area contributed by atoms with Gasteiger partial charge in [0.2, 0.25) is 0 Å². The second kappa shape index (κ2) is 13.4. The molecule has 0 radical (unpaired) electrons. The predicted octanol–water partition coefficient (Wildman–Crippen LogP) is 16.3. The summed E-state index contributed by atoms with van der Waals surface area (Å²) in [5, 5.41) is 9.08. The van der Waals surface area contributed by atoms with Crippen LogP contribution in [0.4, 0.5) is 34.1 Å². The van der Waals surface area contributed by atoms with Crippen LogP contribution in [0, 0.1) is 34.6 Å². The minimum Gasteiger partial charge on any atom is -0.456 e. The van der Waals surface area contributed by atoms with Crippen molar-refractivity contribution in [2.75, 3.05) is 9.80 Å². The van der Waals surface area contributed by atoms with Crippen LogP contribution in [-0.2, 0) is 0 Å². The number of fused-ring (bicyclic) bond motifs is 8. The highest BCUT2D eigenvalue weighted by Gasteiger charge is 2.22. The summed E-state index contributed by atoms with van der Waals surface area (Å²) in [6, 6.07) is 58.8. The monoisotopic (exact) mass is 762 g/mol. The summed E-state index contributed by atoms with van der Waals surface area (Å²) in [5.41, 5.74) is 16.4. The first-order valence-electron chi connectivity index (χ1n) is 20.3. The Morgan fingerprint density at radius 2 is 0.729 bits per heavy atom. The van der Waals surface area contributed by atoms with E-state index in [1.165, 1.54) is 44.4 Å². The zero-order valence-electron chi connectivity index (χ0n) is 33.8. The molecule has 0 saturated carbocycles. The van der Waals surface area contributed by atoms with Crippen molar-refractivity contribution in [2.45, 2.75) is 34.6 Å². The van der Waals surface area contributed by atoms with Crippen LogP contribution in [0.15, 0.2) is 173 Å². The van der Waals surface area contributed by atoms with E-state index in [4.69, 9.17) is 8.83 Å². The average Bonchev–Trinajstić information content (AvgIpc) is 3.79. The van der Waals surface area contributed by atoms with Gasteiger partial charge in [0.15, 0.2) is 0 Å². The molecule has 284 valence electrons. The average molecular weight is 763 g/mol. The van der Waals surface area contributed by atoms with Gasteiger partial charge in [0.05, 0.1) is 11.4 Å². The lowest BCUT2D eigenvalue weighted by Gasteiger charge is -2.29. The number of hydrogen-bond acceptors (Lipinski definition) is 4. The highest BCUT2D eigenvalue weighted by Crippen LogP contribution is 2.45. The van der Waals surface area contributed by atoms with Crippen LogP contribution in [0.3, 0.4) is 0 Å². The Balaban J connectivity index is 1.04. The van der Waals surface area contributed by atoms with Crippen LogP contribution in [0.25, 0.3) is 65.4 Å². The molecule has 0 atom stereocenters. The largest absolute Gasteiger partial charge is 0.456 e. The van der Waals surface area contributed by atoms with Crippen molar-refractivity contribution in [1.29, 1.82) is 0 Å². The predicted molar refractivity (Wildman–Crippen MR) is 249 cm³/mol. The molecule has 0 N–H and O–H groups in total. The molecule has 2 heterocycles. The zero-order chi connectivity index (χ0) is 39.9. The van der Waals surface area contributed by atoms with Crippen molar-refractivity contribution < 1.29 is 8.83 Å². The van der Waals surface area contributed by atoms with E-state index in [0.717, 1.165) is 83.0 Å². The molecule has 0 fully saturated rings. The maximum atomic E-state index is 6.70. The maximum absolute atomic E-state index is 6.70. The molecule has 11 rings (SSSR count). The van der Waals surface area contributed by atoms with Gasteiger partial charge in [0.1, 0.15) is 22.3 Å². The molecule has 9 aromatic carbocycles. The Bertz CT molecular complexity index is 3180. The van der Waals surface area contributed by atoms with Gasteiger partial charge in [0, 0.05) is 50.4 Å². The van der Waals surface area contributed by atoms with Gasteiger partial charge in [0.25, 0.3) is 0 Å². The van der Waals surface area contributed by atoms with E-state index in [-0.39, 0.29) is 0 Å². The standard InChI is InChI=1S/C55H42N2O2/c1-33-14-12-15-34(2)54(33)56(42-18-8-6-9-19-42)44-24-22-38-28-46-48(30-40(38)26-44)58-50-32-51-53(37(5)52(46)50)47-29-39-23-25-45(27-41(39)31-49(47)59-51)57(43-20-10-7-11-21-43)55-35(3)16-13-17-36(55)4/h6-32H,1-5H3. The van der Waals surface area contributed by atoms with Gasteiger partial charge in [-0.05, 0) is 157 Å². The molecule has 0 amide bonds. The Kier molecular flexibility index (Phi) is 7.92. The molecule has 4 heteroatoms. The zero-order valence-corrected chi connectivity index (χ0v) is 33.8. The number of aryl methyl sites for hydroxylation is 5. The number of benzene rings is 9. The number of rotatable bonds is 6. The summed E-state index contributed by atoms with van der Waals surface area (Å²) in [6.45, 7) is 11.0. The van der Waals surface area contributed by atoms with Gasteiger partial charge in [-0.3, -0.25) is 0 Å². The number of nitrogens with zero attached hydrogens (tertiary/aromatic N) is 2. The Morgan fingerprint density at radius 1 is 0.322 bits per heavy atom. The van der Waals surface area contributed by atoms with E-state index in [1.807, 2.05) is 0 Å². The number of anilines is 6. The molecule has 0 aliphatic heterocycles. The molecule has 11 aromatic rings. The molecule has 0 saturated heterocycles. The highest BCUT2D eigenvalue weighted by atomic mass is 16.3. The highest BCUT2D eigenvalue weighted by molar-refractivity contribution is 6.21. The third-order valence-corrected chi connectivity index (χ3v) is 12.2. The minimum absolute atomic E-state index is 0.833. The third kappa shape index (κ3) is 5.59. The number of para-hydroxylation sites is 4. The van der Waals surface area contributed by atoms with E-state index in [0.29, 0.717) is 0 Å². The van der Waals surface area contributed by atoms with Gasteiger partial charge in [-0.1, -0.05) is 84.9 Å². The van der Waals surface area contributed by atoms with Crippen LogP contribution >= 0.6 is 0 Å². The summed E-state index contributed by atoms with van der Waals surface area (Å²) >= 11 is 0. The minimum atomic E-state index is 0.833. The quantitative estimate of drug-likeness (QED) is 0.169. The normalized spacial score (nSPS) is 11.8. The summed E-state index contributed by atoms with van der Waals surface area (Å²) in [4.78, 5) is 4.73. The summed E-state index contributed by atoms with van der Waals surface area (Å²) in [7, 11) is 0. The first kappa shape index (κ1) is 34.9. The third-order valence-electron chi connectivity index (χ3n) is 12.2. The van der Waals surface area contributed by atoms with Gasteiger partial charge < -0.3 is 18.6 Å². The van der Waals surface area contributed by atoms with Crippen LogP contribution < -0.4 is 9.80 Å². The van der Waals surface area contributed by atoms with Crippen LogP contribution in [0.2, 0.25) is 0 Å². The summed E-state index contributed by atoms with van der Waals surface area (Å²) in [5.74, 6) is 0. The van der Waals surface area contributed by atoms with Crippen LogP contribution in [-0.4, -0.2) is 0 Å². The second-order valence-electron chi connectivity index (χ2n) is 16.0. The van der Waals surface area contributed by atoms with E-state index in [2.05, 4.69) is 208 Å². The molecule has 59 heavy (non-hydrogen) atoms. The van der Waals surface area contributed by atoms with Gasteiger partial charge in [-0.15, -0.1) is 0 Å². The van der Waals surface area contributed by atoms with Crippen LogP contribution in [0.5, 0.6) is 0 Å². The lowest BCUT2D eigenvalue weighted by Crippen LogP contribution is -2.12. The van der Waals surface area contributed by atoms with Crippen molar-refractivity contribution >= 4 is 99.5 Å². The number of hydrogen-bond donors (Lipinski definition) is 0. The first-order chi connectivity index (χ1) is 28.8. The molecule has 0 aliphatic carbocycles. The molecule has 0 unspecified atom stereocenters. The van der Waals surface area contributed by atoms with E-state index in [1.54, 1.807) is 0 Å². The number of furan rings is 2. The fourth-order valence-corrected chi connectivity index (χ4v) is 9.48. The van der Waals surface area contributed by atoms with Crippen molar-refractivity contribution in [3.05, 3.63) is 192 Å². The van der Waals surface area contributed by atoms with E-state index >= 15 is 0 Å². The maximum Gasteiger partial charge on any atom is 0.139 e. The molecular weight excluding hydrogens is 721 g/mol. The second-order valence-corrected chi connectivity index (χ2v) is 16.0. The molecular formula is C55H42N2O2. The summed E-state index contributed by atoms with van der Waals surface area (Å²) < 4.78 is 13.4. The van der Waals surface area contributed by atoms with Crippen molar-refractivity contribution in [3.63, 3.8) is 0 Å². The van der Waals surface area contributed by atoms with Crippen molar-refractivity contribution in [2.24, 2.45) is 0 Å². The molecule has 0 spiro atoms. The molecule has 4 nitrogen and oxygen atoms in total. The fraction of sp³-hybridized carbons (Fsp3) is 0.0909. The Morgan fingerprint density at radius 3 is 1.14 bits per heavy atom. The van der Waals surface area contributed by atoms with Gasteiger partial charge in [-0.25, -0.2) is 0 Å². The first-order valence-corrected chi connectivity index (χ1v) is 20.3. The van der Waals surface area contributed by atoms with Gasteiger partial charge >= 0.3 is 0 Å². The smallest absolute Gasteiger partial charge is 0.139 e. The topological polar surface area (TPSA) is 32.8 Å². The van der Waals surface area contributed by atoms with Crippen molar-refractivity contribution in [3.8, 4) is 0 Å². The lowest BCUT2D eigenvalue weighted by molar-refractivity contribution is 0.656. The fourth-order valence-electron chi connectivity index (χ4n) is 9.48. The summed E-state index contributed by atoms with van der Waals surface area (Å²) in [6.07, 6.45) is 0. The SMILES string of the molecule is Cc1cccc(C)c1N(c1ccccc1)c1ccc2cc3c(cc2c1)oc1cc2oc4cc5cc(N(c6ccccc6)c6c(C)cccc6C)ccc5cc4c2c(C)c13. The van der Waals surface area contributed by atoms with E-state index < -0.39 is 0 Å². The lowest BCUT2D eigenvalue weighted by atomic mass is 9.98. The van der Waals surface area contributed by atoms with Crippen molar-refractivity contribution in [1.82, 2.24) is 0 Å². The Labute approximate surface area is 343 Å². The van der Waals surface area contributed by atoms with Gasteiger partial charge in [-0.2, -0.15) is 0 Å². The molecule has 2 aromatic heterocycles. The molecule has 0 aliphatic rings.